The molecule has 3 saturated heterocycles. The average Bonchev–Trinajstić information content (AvgIpc) is 3.49. The summed E-state index contributed by atoms with van der Waals surface area (Å²) in [6, 6.07) is 9.51. The summed E-state index contributed by atoms with van der Waals surface area (Å²) in [5.41, 5.74) is 1.52. The summed E-state index contributed by atoms with van der Waals surface area (Å²) in [4.78, 5) is 58.4. The minimum Gasteiger partial charge on any atom is -0.488 e. The van der Waals surface area contributed by atoms with Gasteiger partial charge < -0.3 is 39.1 Å². The number of halogens is 1. The largest absolute Gasteiger partial charge is 0.488 e. The normalized spacial score (nSPS) is 18.9. The predicted octanol–water partition coefficient (Wildman–Crippen LogP) is 3.92. The topological polar surface area (TPSA) is 123 Å². The molecule has 2 aromatic rings. The van der Waals surface area contributed by atoms with E-state index in [2.05, 4.69) is 0 Å². The molecule has 0 spiro atoms. The van der Waals surface area contributed by atoms with Crippen LogP contribution in [-0.4, -0.2) is 126 Å². The SMILES string of the molecule is Cc1cc(C(=O)N2CCN(C(=O)c3cc(F)cc(N4CCN(C(=O)O)CC4)c3)CC2)ccc1OC1CCN(C(=O)OC(C)(C)C)C1. The summed E-state index contributed by atoms with van der Waals surface area (Å²) < 4.78 is 26.2. The molecule has 3 aliphatic heterocycles. The number of carbonyl (C=O) groups is 4. The van der Waals surface area contributed by atoms with Crippen LogP contribution in [0.25, 0.3) is 0 Å². The van der Waals surface area contributed by atoms with Crippen LogP contribution in [0.15, 0.2) is 36.4 Å². The molecular weight excluding hydrogens is 597 g/mol. The van der Waals surface area contributed by atoms with Gasteiger partial charge in [-0.3, -0.25) is 9.59 Å². The third-order valence-electron chi connectivity index (χ3n) is 8.41. The molecule has 46 heavy (non-hydrogen) atoms. The van der Waals surface area contributed by atoms with Crippen molar-refractivity contribution in [3.8, 4) is 5.75 Å². The maximum atomic E-state index is 14.6. The van der Waals surface area contributed by atoms with E-state index in [1.165, 1.54) is 17.0 Å². The number of amides is 4. The molecule has 3 heterocycles. The van der Waals surface area contributed by atoms with Crippen LogP contribution in [0.5, 0.6) is 5.75 Å². The van der Waals surface area contributed by atoms with Crippen LogP contribution in [-0.2, 0) is 4.74 Å². The molecule has 1 atom stereocenters. The number of hydrogen-bond acceptors (Lipinski definition) is 7. The highest BCUT2D eigenvalue weighted by molar-refractivity contribution is 5.96. The lowest BCUT2D eigenvalue weighted by Gasteiger charge is -2.36. The first-order chi connectivity index (χ1) is 21.8. The molecule has 0 aromatic heterocycles. The number of piperazine rings is 2. The first-order valence-corrected chi connectivity index (χ1v) is 15.6. The Hall–Kier alpha value is -4.55. The van der Waals surface area contributed by atoms with E-state index < -0.39 is 17.5 Å². The van der Waals surface area contributed by atoms with Gasteiger partial charge in [-0.15, -0.1) is 0 Å². The van der Waals surface area contributed by atoms with Crippen LogP contribution in [0.1, 0.15) is 53.5 Å². The van der Waals surface area contributed by atoms with E-state index in [0.717, 1.165) is 5.56 Å². The first kappa shape index (κ1) is 32.8. The van der Waals surface area contributed by atoms with Gasteiger partial charge >= 0.3 is 12.2 Å². The lowest BCUT2D eigenvalue weighted by atomic mass is 10.1. The van der Waals surface area contributed by atoms with Crippen molar-refractivity contribution in [3.05, 3.63) is 58.9 Å². The monoisotopic (exact) mass is 639 g/mol. The van der Waals surface area contributed by atoms with E-state index in [0.29, 0.717) is 88.9 Å². The van der Waals surface area contributed by atoms with Crippen molar-refractivity contribution in [3.63, 3.8) is 0 Å². The first-order valence-electron chi connectivity index (χ1n) is 15.6. The Morgan fingerprint density at radius 3 is 1.98 bits per heavy atom. The Morgan fingerprint density at radius 1 is 0.783 bits per heavy atom. The van der Waals surface area contributed by atoms with Crippen LogP contribution in [0.4, 0.5) is 19.7 Å². The number of aryl methyl sites for hydroxylation is 1. The zero-order valence-corrected chi connectivity index (χ0v) is 26.8. The molecule has 0 bridgehead atoms. The second-order valence-corrected chi connectivity index (χ2v) is 13.0. The smallest absolute Gasteiger partial charge is 0.410 e. The zero-order valence-electron chi connectivity index (χ0n) is 26.8. The number of rotatable bonds is 5. The molecular formula is C33H42FN5O7. The molecule has 0 saturated carbocycles. The summed E-state index contributed by atoms with van der Waals surface area (Å²) in [5.74, 6) is -0.341. The lowest BCUT2D eigenvalue weighted by molar-refractivity contribution is 0.0275. The van der Waals surface area contributed by atoms with Gasteiger partial charge in [0.2, 0.25) is 0 Å². The second kappa shape index (κ2) is 13.4. The van der Waals surface area contributed by atoms with E-state index >= 15 is 0 Å². The van der Waals surface area contributed by atoms with Crippen molar-refractivity contribution in [1.82, 2.24) is 19.6 Å². The van der Waals surface area contributed by atoms with Gasteiger partial charge in [0, 0.05) is 82.1 Å². The van der Waals surface area contributed by atoms with Gasteiger partial charge in [0.05, 0.1) is 6.54 Å². The highest BCUT2D eigenvalue weighted by Gasteiger charge is 2.32. The van der Waals surface area contributed by atoms with Crippen molar-refractivity contribution >= 4 is 29.7 Å². The fourth-order valence-electron chi connectivity index (χ4n) is 5.92. The van der Waals surface area contributed by atoms with E-state index in [-0.39, 0.29) is 29.6 Å². The van der Waals surface area contributed by atoms with Crippen molar-refractivity contribution in [2.24, 2.45) is 0 Å². The van der Waals surface area contributed by atoms with Gasteiger partial charge in [0.15, 0.2) is 0 Å². The molecule has 13 heteroatoms. The van der Waals surface area contributed by atoms with E-state index in [1.807, 2.05) is 32.6 Å². The number of benzene rings is 2. The van der Waals surface area contributed by atoms with Crippen LogP contribution >= 0.6 is 0 Å². The molecule has 12 nitrogen and oxygen atoms in total. The van der Waals surface area contributed by atoms with Gasteiger partial charge in [0.1, 0.15) is 23.3 Å². The Kier molecular flexibility index (Phi) is 9.59. The minimum atomic E-state index is -0.984. The summed E-state index contributed by atoms with van der Waals surface area (Å²) in [6.07, 6.45) is -0.826. The molecule has 3 aliphatic rings. The quantitative estimate of drug-likeness (QED) is 0.523. The summed E-state index contributed by atoms with van der Waals surface area (Å²) >= 11 is 0. The number of ether oxygens (including phenoxy) is 2. The molecule has 0 radical (unpaired) electrons. The third kappa shape index (κ3) is 7.80. The molecule has 1 unspecified atom stereocenters. The third-order valence-corrected chi connectivity index (χ3v) is 8.41. The maximum Gasteiger partial charge on any atom is 0.410 e. The average molecular weight is 640 g/mol. The van der Waals surface area contributed by atoms with Crippen molar-refractivity contribution < 1.29 is 38.1 Å². The van der Waals surface area contributed by atoms with Crippen molar-refractivity contribution in [1.29, 1.82) is 0 Å². The molecule has 3 fully saturated rings. The number of likely N-dealkylation sites (tertiary alicyclic amines) is 1. The number of nitrogens with zero attached hydrogens (tertiary/aromatic N) is 5. The molecule has 5 rings (SSSR count). The predicted molar refractivity (Wildman–Crippen MR) is 168 cm³/mol. The maximum absolute atomic E-state index is 14.6. The number of hydrogen-bond donors (Lipinski definition) is 1. The Balaban J connectivity index is 1.14. The minimum absolute atomic E-state index is 0.146. The number of carbonyl (C=O) groups excluding carboxylic acids is 3. The Morgan fingerprint density at radius 2 is 1.39 bits per heavy atom. The van der Waals surface area contributed by atoms with E-state index in [4.69, 9.17) is 9.47 Å². The summed E-state index contributed by atoms with van der Waals surface area (Å²) in [6.45, 7) is 11.1. The van der Waals surface area contributed by atoms with E-state index in [1.54, 1.807) is 39.0 Å². The molecule has 4 amide bonds. The van der Waals surface area contributed by atoms with Gasteiger partial charge in [0.25, 0.3) is 11.8 Å². The molecule has 1 N–H and O–H groups in total. The highest BCUT2D eigenvalue weighted by atomic mass is 19.1. The van der Waals surface area contributed by atoms with Crippen molar-refractivity contribution in [2.45, 2.75) is 45.8 Å². The Bertz CT molecular complexity index is 1480. The highest BCUT2D eigenvalue weighted by Crippen LogP contribution is 2.26. The van der Waals surface area contributed by atoms with Gasteiger partial charge in [-0.25, -0.2) is 14.0 Å². The van der Waals surface area contributed by atoms with Crippen LogP contribution < -0.4 is 9.64 Å². The standard InChI is InChI=1S/C33H42FN5O7/c1-22-17-23(5-6-28(22)45-27-7-8-39(21-27)32(44)46-33(2,3)4)29(40)36-11-13-37(14-12-36)30(41)24-18-25(34)20-26(19-24)35-9-15-38(16-10-35)31(42)43/h5-6,17-20,27H,7-16,21H2,1-4H3,(H,42,43). The van der Waals surface area contributed by atoms with Crippen LogP contribution in [0.3, 0.4) is 0 Å². The van der Waals surface area contributed by atoms with Gasteiger partial charge in [-0.05, 0) is 69.7 Å². The van der Waals surface area contributed by atoms with Crippen LogP contribution in [0.2, 0.25) is 0 Å². The number of anilines is 1. The zero-order chi connectivity index (χ0) is 33.2. The van der Waals surface area contributed by atoms with Gasteiger partial charge in [-0.2, -0.15) is 0 Å². The van der Waals surface area contributed by atoms with Gasteiger partial charge in [-0.1, -0.05) is 0 Å². The van der Waals surface area contributed by atoms with Crippen LogP contribution in [0, 0.1) is 12.7 Å². The fraction of sp³-hybridized carbons (Fsp3) is 0.515. The summed E-state index contributed by atoms with van der Waals surface area (Å²) in [7, 11) is 0. The number of carboxylic acid groups (broad SMARTS) is 1. The second-order valence-electron chi connectivity index (χ2n) is 13.0. The molecule has 0 aliphatic carbocycles. The van der Waals surface area contributed by atoms with E-state index in [9.17, 15) is 28.7 Å². The molecule has 248 valence electrons. The fourth-order valence-corrected chi connectivity index (χ4v) is 5.92. The lowest BCUT2D eigenvalue weighted by Crippen LogP contribution is -2.50. The molecule has 2 aromatic carbocycles. The summed E-state index contributed by atoms with van der Waals surface area (Å²) in [5, 5.41) is 9.19. The van der Waals surface area contributed by atoms with Crippen molar-refractivity contribution in [2.75, 3.05) is 70.3 Å². The Labute approximate surface area is 268 Å².